The molecule has 3 aliphatic rings. The summed E-state index contributed by atoms with van der Waals surface area (Å²) >= 11 is 0. The van der Waals surface area contributed by atoms with Crippen LogP contribution in [-0.4, -0.2) is 53.4 Å². The largest absolute Gasteiger partial charge is 0.376 e. The molecule has 1 N–H and O–H groups in total. The Morgan fingerprint density at radius 3 is 2.65 bits per heavy atom. The summed E-state index contributed by atoms with van der Waals surface area (Å²) in [6.45, 7) is 2.97. The standard InChI is InChI=1S/C29H28N4O4/c34-27(21-8-9-24-25(14-21)29(36)33(28(24)35)18-23-6-3-13-37-23)31-16-19-7-10-26(30-15-19)32-12-11-20-4-1-2-5-22(20)17-32/h1-2,4-5,7-10,14-15,23H,3,6,11-13,16-18H2,(H,31,34). The summed E-state index contributed by atoms with van der Waals surface area (Å²) in [5.41, 5.74) is 4.55. The fourth-order valence-corrected chi connectivity index (χ4v) is 5.27. The lowest BCUT2D eigenvalue weighted by Gasteiger charge is -2.29. The monoisotopic (exact) mass is 496 g/mol. The number of rotatable bonds is 6. The van der Waals surface area contributed by atoms with Gasteiger partial charge in [0.2, 0.25) is 0 Å². The molecule has 0 radical (unpaired) electrons. The van der Waals surface area contributed by atoms with E-state index < -0.39 is 0 Å². The van der Waals surface area contributed by atoms with Gasteiger partial charge in [0.15, 0.2) is 0 Å². The Morgan fingerprint density at radius 2 is 1.86 bits per heavy atom. The summed E-state index contributed by atoms with van der Waals surface area (Å²) in [4.78, 5) is 46.6. The number of anilines is 1. The minimum Gasteiger partial charge on any atom is -0.376 e. The van der Waals surface area contributed by atoms with Gasteiger partial charge in [-0.3, -0.25) is 19.3 Å². The quantitative estimate of drug-likeness (QED) is 0.527. The number of pyridine rings is 1. The summed E-state index contributed by atoms with van der Waals surface area (Å²) in [5, 5.41) is 2.89. The van der Waals surface area contributed by atoms with Gasteiger partial charge in [0.1, 0.15) is 5.82 Å². The molecule has 0 aliphatic carbocycles. The van der Waals surface area contributed by atoms with Crippen LogP contribution in [0.5, 0.6) is 0 Å². The molecule has 3 amide bonds. The van der Waals surface area contributed by atoms with Crippen LogP contribution < -0.4 is 10.2 Å². The number of benzene rings is 2. The maximum Gasteiger partial charge on any atom is 0.261 e. The van der Waals surface area contributed by atoms with Gasteiger partial charge in [-0.05, 0) is 60.2 Å². The SMILES string of the molecule is O=C(NCc1ccc(N2CCc3ccccc3C2)nc1)c1ccc2c(c1)C(=O)N(CC1CCCO1)C2=O. The number of ether oxygens (including phenoxy) is 1. The Morgan fingerprint density at radius 1 is 1.03 bits per heavy atom. The Labute approximate surface area is 215 Å². The van der Waals surface area contributed by atoms with Crippen molar-refractivity contribution < 1.29 is 19.1 Å². The lowest BCUT2D eigenvalue weighted by molar-refractivity contribution is 0.0475. The molecule has 6 rings (SSSR count). The third-order valence-electron chi connectivity index (χ3n) is 7.36. The van der Waals surface area contributed by atoms with E-state index in [1.165, 1.54) is 22.1 Å². The molecular formula is C29H28N4O4. The predicted octanol–water partition coefficient (Wildman–Crippen LogP) is 3.35. The van der Waals surface area contributed by atoms with E-state index in [1.807, 2.05) is 12.1 Å². The molecular weight excluding hydrogens is 468 g/mol. The molecule has 3 aliphatic heterocycles. The third-order valence-corrected chi connectivity index (χ3v) is 7.36. The van der Waals surface area contributed by atoms with E-state index in [-0.39, 0.29) is 35.9 Å². The van der Waals surface area contributed by atoms with Gasteiger partial charge in [0.05, 0.1) is 23.8 Å². The van der Waals surface area contributed by atoms with Crippen molar-refractivity contribution in [2.75, 3.05) is 24.6 Å². The maximum absolute atomic E-state index is 12.9. The number of hydrogen-bond acceptors (Lipinski definition) is 6. The van der Waals surface area contributed by atoms with Crippen molar-refractivity contribution in [1.82, 2.24) is 15.2 Å². The molecule has 0 bridgehead atoms. The zero-order valence-corrected chi connectivity index (χ0v) is 20.5. The van der Waals surface area contributed by atoms with Gasteiger partial charge in [0.25, 0.3) is 17.7 Å². The number of carbonyl (C=O) groups is 3. The van der Waals surface area contributed by atoms with E-state index in [0.717, 1.165) is 43.7 Å². The summed E-state index contributed by atoms with van der Waals surface area (Å²) in [6.07, 6.45) is 4.43. The lowest BCUT2D eigenvalue weighted by atomic mass is 10.00. The highest BCUT2D eigenvalue weighted by molar-refractivity contribution is 6.22. The molecule has 1 aromatic heterocycles. The summed E-state index contributed by atoms with van der Waals surface area (Å²) < 4.78 is 5.58. The average Bonchev–Trinajstić information content (AvgIpc) is 3.54. The Hall–Kier alpha value is -4.04. The van der Waals surface area contributed by atoms with E-state index in [0.29, 0.717) is 24.3 Å². The average molecular weight is 497 g/mol. The van der Waals surface area contributed by atoms with Gasteiger partial charge >= 0.3 is 0 Å². The van der Waals surface area contributed by atoms with Gasteiger partial charge in [-0.25, -0.2) is 4.98 Å². The first kappa shape index (κ1) is 23.4. The van der Waals surface area contributed by atoms with Gasteiger partial charge in [-0.15, -0.1) is 0 Å². The van der Waals surface area contributed by atoms with E-state index >= 15 is 0 Å². The first-order valence-electron chi connectivity index (χ1n) is 12.7. The third kappa shape index (κ3) is 4.60. The van der Waals surface area contributed by atoms with E-state index in [9.17, 15) is 14.4 Å². The first-order chi connectivity index (χ1) is 18.1. The topological polar surface area (TPSA) is 91.8 Å². The van der Waals surface area contributed by atoms with Gasteiger partial charge in [-0.1, -0.05) is 30.3 Å². The molecule has 1 fully saturated rings. The highest BCUT2D eigenvalue weighted by atomic mass is 16.5. The number of nitrogens with one attached hydrogen (secondary N) is 1. The van der Waals surface area contributed by atoms with Gasteiger partial charge < -0.3 is 15.0 Å². The number of imide groups is 1. The second-order valence-corrected chi connectivity index (χ2v) is 9.76. The number of fused-ring (bicyclic) bond motifs is 2. The molecule has 2 aromatic carbocycles. The molecule has 8 heteroatoms. The molecule has 1 atom stereocenters. The van der Waals surface area contributed by atoms with Gasteiger partial charge in [0, 0.05) is 38.0 Å². The maximum atomic E-state index is 12.9. The highest BCUT2D eigenvalue weighted by Gasteiger charge is 2.38. The van der Waals surface area contributed by atoms with Crippen LogP contribution in [0.15, 0.2) is 60.8 Å². The normalized spacial score (nSPS) is 18.6. The molecule has 1 saturated heterocycles. The van der Waals surface area contributed by atoms with Crippen LogP contribution >= 0.6 is 0 Å². The molecule has 1 unspecified atom stereocenters. The van der Waals surface area contributed by atoms with Crippen LogP contribution in [-0.2, 0) is 24.2 Å². The Balaban J connectivity index is 1.07. The van der Waals surface area contributed by atoms with E-state index in [2.05, 4.69) is 39.5 Å². The van der Waals surface area contributed by atoms with Crippen LogP contribution in [0.2, 0.25) is 0 Å². The lowest BCUT2D eigenvalue weighted by Crippen LogP contribution is -2.36. The van der Waals surface area contributed by atoms with Crippen LogP contribution in [0.25, 0.3) is 0 Å². The van der Waals surface area contributed by atoms with Crippen molar-refractivity contribution in [3.05, 3.63) is 94.2 Å². The molecule has 3 aromatic rings. The molecule has 0 spiro atoms. The zero-order chi connectivity index (χ0) is 25.4. The summed E-state index contributed by atoms with van der Waals surface area (Å²) in [7, 11) is 0. The molecule has 4 heterocycles. The fourth-order valence-electron chi connectivity index (χ4n) is 5.27. The van der Waals surface area contributed by atoms with Crippen molar-refractivity contribution >= 4 is 23.5 Å². The Bertz CT molecular complexity index is 1360. The number of aromatic nitrogens is 1. The minimum atomic E-state index is -0.370. The van der Waals surface area contributed by atoms with E-state index in [1.54, 1.807) is 18.3 Å². The van der Waals surface area contributed by atoms with Crippen LogP contribution in [0.1, 0.15) is 60.6 Å². The molecule has 37 heavy (non-hydrogen) atoms. The number of amides is 3. The number of hydrogen-bond donors (Lipinski definition) is 1. The van der Waals surface area contributed by atoms with Crippen LogP contribution in [0, 0.1) is 0 Å². The Kier molecular flexibility index (Phi) is 6.18. The number of nitrogens with zero attached hydrogens (tertiary/aromatic N) is 3. The van der Waals surface area contributed by atoms with Crippen LogP contribution in [0.3, 0.4) is 0 Å². The minimum absolute atomic E-state index is 0.115. The summed E-state index contributed by atoms with van der Waals surface area (Å²) in [6, 6.07) is 17.1. The van der Waals surface area contributed by atoms with E-state index in [4.69, 9.17) is 4.74 Å². The van der Waals surface area contributed by atoms with Crippen LogP contribution in [0.4, 0.5) is 5.82 Å². The first-order valence-corrected chi connectivity index (χ1v) is 12.7. The fraction of sp³-hybridized carbons (Fsp3) is 0.310. The molecule has 8 nitrogen and oxygen atoms in total. The highest BCUT2D eigenvalue weighted by Crippen LogP contribution is 2.26. The second-order valence-electron chi connectivity index (χ2n) is 9.76. The molecule has 188 valence electrons. The van der Waals surface area contributed by atoms with Crippen molar-refractivity contribution in [2.45, 2.75) is 38.5 Å². The summed E-state index contributed by atoms with van der Waals surface area (Å²) in [5.74, 6) is -0.0904. The zero-order valence-electron chi connectivity index (χ0n) is 20.5. The van der Waals surface area contributed by atoms with Crippen molar-refractivity contribution in [2.24, 2.45) is 0 Å². The van der Waals surface area contributed by atoms with Crippen molar-refractivity contribution in [3.8, 4) is 0 Å². The smallest absolute Gasteiger partial charge is 0.261 e. The van der Waals surface area contributed by atoms with Crippen molar-refractivity contribution in [3.63, 3.8) is 0 Å². The number of carbonyl (C=O) groups excluding carboxylic acids is 3. The molecule has 0 saturated carbocycles. The predicted molar refractivity (Wildman–Crippen MR) is 137 cm³/mol. The van der Waals surface area contributed by atoms with Gasteiger partial charge in [-0.2, -0.15) is 0 Å². The second kappa shape index (κ2) is 9.78. The van der Waals surface area contributed by atoms with Crippen molar-refractivity contribution in [1.29, 1.82) is 0 Å².